The van der Waals surface area contributed by atoms with Crippen LogP contribution in [-0.2, 0) is 0 Å². The molecule has 1 rings (SSSR count). The Kier molecular flexibility index (Phi) is 3.35. The van der Waals surface area contributed by atoms with Crippen molar-refractivity contribution < 1.29 is 14.8 Å². The van der Waals surface area contributed by atoms with E-state index in [0.717, 1.165) is 0 Å². The highest BCUT2D eigenvalue weighted by Crippen LogP contribution is 2.40. The molecule has 0 amide bonds. The molecule has 19 heavy (non-hydrogen) atoms. The molecule has 0 saturated heterocycles. The number of hydrogen-bond donors (Lipinski definition) is 0. The maximum Gasteiger partial charge on any atom is 0.423 e. The molecule has 0 spiro atoms. The van der Waals surface area contributed by atoms with Crippen molar-refractivity contribution in [2.75, 3.05) is 0 Å². The average Bonchev–Trinajstić information content (AvgIpc) is 2.35. The van der Waals surface area contributed by atoms with E-state index in [1.165, 1.54) is 12.1 Å². The summed E-state index contributed by atoms with van der Waals surface area (Å²) in [5.74, 6) is 0. The number of hydrogen-bond acceptors (Lipinski definition) is 8. The molecular formula is C8HN5O6. The third kappa shape index (κ3) is 2.11. The van der Waals surface area contributed by atoms with Gasteiger partial charge in [-0.2, -0.15) is 10.5 Å². The summed E-state index contributed by atoms with van der Waals surface area (Å²) in [6, 6.07) is 3.08. The molecule has 0 aromatic heterocycles. The van der Waals surface area contributed by atoms with Gasteiger partial charge in [0, 0.05) is 6.07 Å². The third-order valence-corrected chi connectivity index (χ3v) is 2.05. The molecule has 0 bridgehead atoms. The van der Waals surface area contributed by atoms with Gasteiger partial charge in [0.2, 0.25) is 0 Å². The van der Waals surface area contributed by atoms with Gasteiger partial charge in [-0.25, -0.2) is 0 Å². The highest BCUT2D eigenvalue weighted by atomic mass is 16.6. The molecule has 0 N–H and O–H groups in total. The SMILES string of the molecule is N#Cc1cc([N+](=O)[O-])c([N+](=O)[O-])c([N+](=O)[O-])c1C#N. The summed E-state index contributed by atoms with van der Waals surface area (Å²) in [5, 5.41) is 49.5. The van der Waals surface area contributed by atoms with Gasteiger partial charge in [-0.05, 0) is 0 Å². The molecule has 94 valence electrons. The summed E-state index contributed by atoms with van der Waals surface area (Å²) in [5.41, 5.74) is -5.56. The fourth-order valence-electron chi connectivity index (χ4n) is 1.34. The molecule has 0 aliphatic rings. The van der Waals surface area contributed by atoms with Crippen LogP contribution in [0.2, 0.25) is 0 Å². The van der Waals surface area contributed by atoms with Crippen molar-refractivity contribution in [1.29, 1.82) is 10.5 Å². The Balaban J connectivity index is 4.04. The average molecular weight is 263 g/mol. The van der Waals surface area contributed by atoms with Crippen LogP contribution >= 0.6 is 0 Å². The fraction of sp³-hybridized carbons (Fsp3) is 0. The molecule has 0 aliphatic heterocycles. The molecule has 0 aliphatic carbocycles. The van der Waals surface area contributed by atoms with Crippen molar-refractivity contribution in [2.45, 2.75) is 0 Å². The minimum atomic E-state index is -1.43. The van der Waals surface area contributed by atoms with Crippen molar-refractivity contribution in [3.8, 4) is 12.1 Å². The predicted molar refractivity (Wildman–Crippen MR) is 55.8 cm³/mol. The van der Waals surface area contributed by atoms with Crippen molar-refractivity contribution in [3.63, 3.8) is 0 Å². The zero-order valence-electron chi connectivity index (χ0n) is 8.76. The van der Waals surface area contributed by atoms with Crippen LogP contribution < -0.4 is 0 Å². The van der Waals surface area contributed by atoms with Crippen LogP contribution in [0.4, 0.5) is 17.1 Å². The summed E-state index contributed by atoms with van der Waals surface area (Å²) >= 11 is 0. The van der Waals surface area contributed by atoms with E-state index in [4.69, 9.17) is 10.5 Å². The van der Waals surface area contributed by atoms with E-state index in [1.54, 1.807) is 0 Å². The van der Waals surface area contributed by atoms with Gasteiger partial charge < -0.3 is 0 Å². The Labute approximate surface area is 103 Å². The van der Waals surface area contributed by atoms with Crippen LogP contribution in [0.1, 0.15) is 11.1 Å². The summed E-state index contributed by atoms with van der Waals surface area (Å²) < 4.78 is 0. The number of rotatable bonds is 3. The number of benzene rings is 1. The van der Waals surface area contributed by atoms with Gasteiger partial charge >= 0.3 is 17.1 Å². The molecule has 11 heteroatoms. The van der Waals surface area contributed by atoms with Crippen molar-refractivity contribution in [2.24, 2.45) is 0 Å². The Morgan fingerprint density at radius 2 is 1.42 bits per heavy atom. The third-order valence-electron chi connectivity index (χ3n) is 2.05. The van der Waals surface area contributed by atoms with E-state index < -0.39 is 43.0 Å². The molecule has 0 fully saturated rings. The first-order valence-electron chi connectivity index (χ1n) is 4.29. The van der Waals surface area contributed by atoms with E-state index in [0.29, 0.717) is 6.07 Å². The second-order valence-corrected chi connectivity index (χ2v) is 3.01. The van der Waals surface area contributed by atoms with Crippen molar-refractivity contribution >= 4 is 17.1 Å². The molecule has 0 radical (unpaired) electrons. The molecule has 0 saturated carbocycles. The first kappa shape index (κ1) is 13.5. The number of nitriles is 2. The maximum absolute atomic E-state index is 10.8. The number of nitro benzene ring substituents is 3. The lowest BCUT2D eigenvalue weighted by Crippen LogP contribution is -2.05. The molecule has 1 aromatic rings. The van der Waals surface area contributed by atoms with Crippen molar-refractivity contribution in [3.05, 3.63) is 47.5 Å². The van der Waals surface area contributed by atoms with E-state index in [1.807, 2.05) is 0 Å². The largest absolute Gasteiger partial charge is 0.423 e. The quantitative estimate of drug-likeness (QED) is 0.575. The molecule has 0 unspecified atom stereocenters. The Bertz CT molecular complexity index is 697. The second kappa shape index (κ2) is 4.72. The van der Waals surface area contributed by atoms with Gasteiger partial charge in [0.05, 0.1) is 20.3 Å². The summed E-state index contributed by atoms with van der Waals surface area (Å²) in [6.07, 6.45) is 0. The normalized spacial score (nSPS) is 9.16. The maximum atomic E-state index is 10.8. The van der Waals surface area contributed by atoms with Crippen LogP contribution in [0.15, 0.2) is 6.07 Å². The van der Waals surface area contributed by atoms with Gasteiger partial charge in [-0.3, -0.25) is 30.3 Å². The molecular weight excluding hydrogens is 262 g/mol. The zero-order valence-corrected chi connectivity index (χ0v) is 8.76. The lowest BCUT2D eigenvalue weighted by Gasteiger charge is -2.00. The number of nitro groups is 3. The smallest absolute Gasteiger partial charge is 0.258 e. The number of nitrogens with zero attached hydrogens (tertiary/aromatic N) is 5. The summed E-state index contributed by atoms with van der Waals surface area (Å²) in [7, 11) is 0. The van der Waals surface area contributed by atoms with Gasteiger partial charge in [0.25, 0.3) is 0 Å². The molecule has 11 nitrogen and oxygen atoms in total. The first-order chi connectivity index (χ1) is 8.84. The Morgan fingerprint density at radius 1 is 0.895 bits per heavy atom. The standard InChI is InChI=1S/C8HN5O6/c9-2-4-1-6(11(14)15)8(13(18)19)7(12(16)17)5(4)3-10/h1H. The zero-order chi connectivity index (χ0) is 14.7. The summed E-state index contributed by atoms with van der Waals surface area (Å²) in [4.78, 5) is 28.3. The molecule has 0 heterocycles. The van der Waals surface area contributed by atoms with Gasteiger partial charge in [0.15, 0.2) is 5.56 Å². The van der Waals surface area contributed by atoms with Crippen LogP contribution in [0.5, 0.6) is 0 Å². The molecule has 0 atom stereocenters. The lowest BCUT2D eigenvalue weighted by atomic mass is 10.0. The van der Waals surface area contributed by atoms with Crippen LogP contribution in [0, 0.1) is 53.0 Å². The minimum absolute atomic E-state index is 0.462. The monoisotopic (exact) mass is 263 g/mol. The van der Waals surface area contributed by atoms with Crippen LogP contribution in [-0.4, -0.2) is 14.8 Å². The Hall–Kier alpha value is -3.60. The summed E-state index contributed by atoms with van der Waals surface area (Å²) in [6.45, 7) is 0. The van der Waals surface area contributed by atoms with Crippen LogP contribution in [0.3, 0.4) is 0 Å². The predicted octanol–water partition coefficient (Wildman–Crippen LogP) is 1.15. The van der Waals surface area contributed by atoms with Gasteiger partial charge in [0.1, 0.15) is 12.1 Å². The highest BCUT2D eigenvalue weighted by molar-refractivity contribution is 5.76. The van der Waals surface area contributed by atoms with Gasteiger partial charge in [-0.15, -0.1) is 0 Å². The second-order valence-electron chi connectivity index (χ2n) is 3.01. The fourth-order valence-corrected chi connectivity index (χ4v) is 1.34. The first-order valence-corrected chi connectivity index (χ1v) is 4.29. The lowest BCUT2D eigenvalue weighted by molar-refractivity contribution is -0.441. The van der Waals surface area contributed by atoms with E-state index in [9.17, 15) is 30.3 Å². The van der Waals surface area contributed by atoms with Crippen molar-refractivity contribution in [1.82, 2.24) is 0 Å². The van der Waals surface area contributed by atoms with E-state index >= 15 is 0 Å². The van der Waals surface area contributed by atoms with E-state index in [2.05, 4.69) is 0 Å². The Morgan fingerprint density at radius 3 is 1.74 bits per heavy atom. The van der Waals surface area contributed by atoms with Gasteiger partial charge in [-0.1, -0.05) is 0 Å². The highest BCUT2D eigenvalue weighted by Gasteiger charge is 2.41. The minimum Gasteiger partial charge on any atom is -0.258 e. The topological polar surface area (TPSA) is 177 Å². The van der Waals surface area contributed by atoms with Crippen LogP contribution in [0.25, 0.3) is 0 Å². The van der Waals surface area contributed by atoms with E-state index in [-0.39, 0.29) is 0 Å². The molecule has 1 aromatic carbocycles.